The van der Waals surface area contributed by atoms with Crippen molar-refractivity contribution in [1.29, 1.82) is 0 Å². The lowest BCUT2D eigenvalue weighted by atomic mass is 9.94. The fourth-order valence-electron chi connectivity index (χ4n) is 2.40. The van der Waals surface area contributed by atoms with Crippen LogP contribution in [-0.2, 0) is 6.42 Å². The number of aliphatic hydroxyl groups is 1. The highest BCUT2D eigenvalue weighted by molar-refractivity contribution is 7.14. The van der Waals surface area contributed by atoms with Crippen LogP contribution >= 0.6 is 11.3 Å². The highest BCUT2D eigenvalue weighted by atomic mass is 32.1. The monoisotopic (exact) mass is 337 g/mol. The van der Waals surface area contributed by atoms with Crippen LogP contribution in [-0.4, -0.2) is 45.9 Å². The molecule has 0 saturated carbocycles. The van der Waals surface area contributed by atoms with Gasteiger partial charge in [-0.05, 0) is 19.3 Å². The van der Waals surface area contributed by atoms with E-state index in [0.717, 1.165) is 5.69 Å². The number of nitrogens with zero attached hydrogens (tertiary/aromatic N) is 2. The van der Waals surface area contributed by atoms with Crippen molar-refractivity contribution >= 4 is 22.4 Å². The molecule has 9 heteroatoms. The molecule has 0 radical (unpaired) electrons. The Hall–Kier alpha value is -1.35. The zero-order valence-electron chi connectivity index (χ0n) is 12.1. The molecule has 124 valence electrons. The molecule has 1 aliphatic rings. The summed E-state index contributed by atoms with van der Waals surface area (Å²) in [7, 11) is 0. The van der Waals surface area contributed by atoms with Crippen LogP contribution in [0.3, 0.4) is 0 Å². The van der Waals surface area contributed by atoms with Gasteiger partial charge < -0.3 is 10.0 Å². The van der Waals surface area contributed by atoms with Crippen molar-refractivity contribution in [2.24, 2.45) is 0 Å². The van der Waals surface area contributed by atoms with Crippen LogP contribution < -0.4 is 5.32 Å². The zero-order chi connectivity index (χ0) is 16.4. The van der Waals surface area contributed by atoms with E-state index in [0.29, 0.717) is 11.4 Å². The van der Waals surface area contributed by atoms with Gasteiger partial charge in [0.05, 0.1) is 11.2 Å². The van der Waals surface area contributed by atoms with Gasteiger partial charge in [-0.25, -0.2) is 9.78 Å². The Morgan fingerprint density at radius 2 is 2.23 bits per heavy atom. The largest absolute Gasteiger partial charge is 0.417 e. The quantitative estimate of drug-likeness (QED) is 0.872. The first-order valence-corrected chi connectivity index (χ1v) is 7.92. The summed E-state index contributed by atoms with van der Waals surface area (Å²) in [6.45, 7) is 1.95. The number of alkyl halides is 3. The minimum Gasteiger partial charge on any atom is -0.380 e. The summed E-state index contributed by atoms with van der Waals surface area (Å²) in [5, 5.41) is 13.0. The van der Waals surface area contributed by atoms with Crippen molar-refractivity contribution < 1.29 is 23.1 Å². The normalized spacial score (nSPS) is 23.2. The minimum atomic E-state index is -4.67. The molecule has 0 bridgehead atoms. The first-order chi connectivity index (χ1) is 10.3. The third kappa shape index (κ3) is 3.52. The molecular formula is C13H18F3N3O2S. The molecule has 1 unspecified atom stereocenters. The number of thiazole rings is 1. The topological polar surface area (TPSA) is 65.5 Å². The van der Waals surface area contributed by atoms with E-state index in [-0.39, 0.29) is 25.9 Å². The van der Waals surface area contributed by atoms with Gasteiger partial charge in [0.15, 0.2) is 5.60 Å². The lowest BCUT2D eigenvalue weighted by Gasteiger charge is -2.29. The summed E-state index contributed by atoms with van der Waals surface area (Å²) in [6.07, 6.45) is -4.81. The fourth-order valence-corrected chi connectivity index (χ4v) is 3.17. The summed E-state index contributed by atoms with van der Waals surface area (Å²) >= 11 is 1.28. The zero-order valence-corrected chi connectivity index (χ0v) is 12.9. The number of hydrogen-bond acceptors (Lipinski definition) is 4. The average Bonchev–Trinajstić information content (AvgIpc) is 2.77. The molecule has 1 saturated heterocycles. The van der Waals surface area contributed by atoms with Gasteiger partial charge in [-0.2, -0.15) is 13.2 Å². The van der Waals surface area contributed by atoms with E-state index in [2.05, 4.69) is 10.3 Å². The molecule has 0 spiro atoms. The van der Waals surface area contributed by atoms with Crippen molar-refractivity contribution in [1.82, 2.24) is 9.88 Å². The van der Waals surface area contributed by atoms with Crippen molar-refractivity contribution in [3.05, 3.63) is 11.2 Å². The molecule has 0 aliphatic carbocycles. The van der Waals surface area contributed by atoms with Gasteiger partial charge in [-0.3, -0.25) is 5.32 Å². The van der Waals surface area contributed by atoms with Gasteiger partial charge in [-0.1, -0.05) is 6.92 Å². The Bertz CT molecular complexity index is 535. The highest BCUT2D eigenvalue weighted by Gasteiger charge is 2.53. The van der Waals surface area contributed by atoms with Crippen molar-refractivity contribution in [2.45, 2.75) is 44.4 Å². The molecular weight excluding hydrogens is 319 g/mol. The second kappa shape index (κ2) is 6.41. The molecule has 2 amide bonds. The van der Waals surface area contributed by atoms with Crippen LogP contribution in [0.25, 0.3) is 0 Å². The second-order valence-corrected chi connectivity index (χ2v) is 6.14. The number of halogens is 3. The number of hydrogen-bond donors (Lipinski definition) is 2. The fraction of sp³-hybridized carbons (Fsp3) is 0.692. The smallest absolute Gasteiger partial charge is 0.380 e. The molecule has 1 atom stereocenters. The Kier molecular flexibility index (Phi) is 4.96. The average molecular weight is 337 g/mol. The summed E-state index contributed by atoms with van der Waals surface area (Å²) in [5.41, 5.74) is -0.347. The van der Waals surface area contributed by atoms with Crippen molar-refractivity contribution in [2.75, 3.05) is 18.4 Å². The van der Waals surface area contributed by atoms with Crippen LogP contribution in [0.4, 0.5) is 23.0 Å². The molecule has 0 aromatic carbocycles. The molecule has 2 N–H and O–H groups in total. The molecule has 5 nitrogen and oxygen atoms in total. The number of rotatable bonds is 2. The van der Waals surface area contributed by atoms with Gasteiger partial charge in [0.1, 0.15) is 5.00 Å². The van der Waals surface area contributed by atoms with E-state index in [1.165, 1.54) is 16.2 Å². The number of aromatic nitrogens is 1. The third-order valence-electron chi connectivity index (χ3n) is 3.83. The van der Waals surface area contributed by atoms with E-state index in [1.54, 1.807) is 5.51 Å². The van der Waals surface area contributed by atoms with E-state index in [9.17, 15) is 23.1 Å². The Morgan fingerprint density at radius 3 is 2.86 bits per heavy atom. The second-order valence-electron chi connectivity index (χ2n) is 5.28. The van der Waals surface area contributed by atoms with E-state index >= 15 is 0 Å². The Balaban J connectivity index is 2.00. The number of carbonyl (C=O) groups is 1. The molecule has 1 aliphatic heterocycles. The maximum atomic E-state index is 12.9. The predicted octanol–water partition coefficient (Wildman–Crippen LogP) is 3.02. The van der Waals surface area contributed by atoms with E-state index < -0.39 is 24.2 Å². The van der Waals surface area contributed by atoms with E-state index in [1.807, 2.05) is 6.92 Å². The number of urea groups is 1. The van der Waals surface area contributed by atoms with Crippen molar-refractivity contribution in [3.8, 4) is 0 Å². The number of nitrogens with one attached hydrogen (secondary N) is 1. The maximum Gasteiger partial charge on any atom is 0.417 e. The SMILES string of the molecule is CCc1ncsc1NC(=O)N1CCCC(O)(C(F)(F)F)CC1. The summed E-state index contributed by atoms with van der Waals surface area (Å²) in [6, 6.07) is -0.453. The number of likely N-dealkylation sites (tertiary alicyclic amines) is 1. The molecule has 2 rings (SSSR count). The van der Waals surface area contributed by atoms with Crippen LogP contribution in [0.2, 0.25) is 0 Å². The molecule has 1 aromatic rings. The van der Waals surface area contributed by atoms with E-state index in [4.69, 9.17) is 0 Å². The number of anilines is 1. The van der Waals surface area contributed by atoms with Crippen LogP contribution in [0.1, 0.15) is 31.9 Å². The van der Waals surface area contributed by atoms with Crippen molar-refractivity contribution in [3.63, 3.8) is 0 Å². The molecule has 2 heterocycles. The number of carbonyl (C=O) groups excluding carboxylic acids is 1. The van der Waals surface area contributed by atoms with Gasteiger partial charge in [0.25, 0.3) is 0 Å². The minimum absolute atomic E-state index is 0.104. The van der Waals surface area contributed by atoms with Gasteiger partial charge in [0, 0.05) is 19.5 Å². The maximum absolute atomic E-state index is 12.9. The lowest BCUT2D eigenvalue weighted by molar-refractivity contribution is -0.263. The van der Waals surface area contributed by atoms with Crippen LogP contribution in [0.15, 0.2) is 5.51 Å². The summed E-state index contributed by atoms with van der Waals surface area (Å²) < 4.78 is 38.6. The van der Waals surface area contributed by atoms with Gasteiger partial charge in [0.2, 0.25) is 0 Å². The third-order valence-corrected chi connectivity index (χ3v) is 4.61. The molecule has 1 fully saturated rings. The summed E-state index contributed by atoms with van der Waals surface area (Å²) in [4.78, 5) is 17.6. The van der Waals surface area contributed by atoms with Gasteiger partial charge in [-0.15, -0.1) is 11.3 Å². The van der Waals surface area contributed by atoms with Crippen LogP contribution in [0, 0.1) is 0 Å². The standard InChI is InChI=1S/C13H18F3N3O2S/c1-2-9-10(22-8-17-9)18-11(20)19-6-3-4-12(21,5-7-19)13(14,15)16/h8,21H,2-7H2,1H3,(H,18,20). The molecule has 1 aromatic heterocycles. The number of aryl methyl sites for hydroxylation is 1. The predicted molar refractivity (Wildman–Crippen MR) is 76.9 cm³/mol. The summed E-state index contributed by atoms with van der Waals surface area (Å²) in [5.74, 6) is 0. The molecule has 22 heavy (non-hydrogen) atoms. The Labute approximate surface area is 130 Å². The first kappa shape index (κ1) is 17.0. The van der Waals surface area contributed by atoms with Gasteiger partial charge >= 0.3 is 12.2 Å². The lowest BCUT2D eigenvalue weighted by Crippen LogP contribution is -2.46. The first-order valence-electron chi connectivity index (χ1n) is 7.04. The van der Waals surface area contributed by atoms with Crippen LogP contribution in [0.5, 0.6) is 0 Å². The number of amides is 2. The Morgan fingerprint density at radius 1 is 1.50 bits per heavy atom. The highest BCUT2D eigenvalue weighted by Crippen LogP contribution is 2.38.